The summed E-state index contributed by atoms with van der Waals surface area (Å²) in [5.41, 5.74) is 6.40. The van der Waals surface area contributed by atoms with Crippen molar-refractivity contribution >= 4 is 22.6 Å². The third kappa shape index (κ3) is 6.67. The lowest BCUT2D eigenvalue weighted by molar-refractivity contribution is 0.0919. The van der Waals surface area contributed by atoms with Gasteiger partial charge in [-0.05, 0) is 90.0 Å². The standard InChI is InChI=1S/C36H40N2O2/c1-24-10-17-29(18-11-24)38-35(40)27-14-12-26(13-15-27)28-16-19-33-31(21-28)30(20-25-8-6-5-7-9-25)32(23-37-33)34(39)22-36(2,3)4/h5-9,12-16,19,21,23-24,29H,10-11,17-18,20,22H2,1-4H3,(H,38,40). The number of Topliss-reactive ketones (excluding diaryl/α,β-unsaturated/α-hetero) is 1. The molecule has 1 amide bonds. The molecule has 0 unspecified atom stereocenters. The zero-order valence-corrected chi connectivity index (χ0v) is 24.2. The zero-order chi connectivity index (χ0) is 28.3. The van der Waals surface area contributed by atoms with Crippen molar-refractivity contribution in [1.29, 1.82) is 0 Å². The number of carbonyl (C=O) groups is 2. The van der Waals surface area contributed by atoms with Crippen molar-refractivity contribution in [2.24, 2.45) is 11.3 Å². The third-order valence-corrected chi connectivity index (χ3v) is 8.03. The predicted molar refractivity (Wildman–Crippen MR) is 164 cm³/mol. The molecule has 4 aromatic rings. The maximum absolute atomic E-state index is 13.5. The SMILES string of the molecule is CC1CCC(NC(=O)c2ccc(-c3ccc4ncc(C(=O)CC(C)(C)C)c(Cc5ccccc5)c4c3)cc2)CC1. The van der Waals surface area contributed by atoms with Crippen LogP contribution in [0.5, 0.6) is 0 Å². The van der Waals surface area contributed by atoms with Gasteiger partial charge in [0, 0.05) is 35.2 Å². The minimum atomic E-state index is -0.110. The summed E-state index contributed by atoms with van der Waals surface area (Å²) >= 11 is 0. The molecule has 206 valence electrons. The molecule has 40 heavy (non-hydrogen) atoms. The summed E-state index contributed by atoms with van der Waals surface area (Å²) in [5, 5.41) is 4.22. The van der Waals surface area contributed by atoms with Crippen molar-refractivity contribution < 1.29 is 9.59 Å². The number of aromatic nitrogens is 1. The number of hydrogen-bond donors (Lipinski definition) is 1. The van der Waals surface area contributed by atoms with E-state index in [0.717, 1.165) is 51.9 Å². The molecule has 1 heterocycles. The fourth-order valence-electron chi connectivity index (χ4n) is 5.72. The summed E-state index contributed by atoms with van der Waals surface area (Å²) in [4.78, 5) is 31.0. The lowest BCUT2D eigenvalue weighted by Crippen LogP contribution is -2.37. The van der Waals surface area contributed by atoms with Gasteiger partial charge < -0.3 is 5.32 Å². The topological polar surface area (TPSA) is 59.1 Å². The van der Waals surface area contributed by atoms with Gasteiger partial charge in [-0.15, -0.1) is 0 Å². The lowest BCUT2D eigenvalue weighted by Gasteiger charge is -2.26. The van der Waals surface area contributed by atoms with Gasteiger partial charge in [-0.1, -0.05) is 76.2 Å². The van der Waals surface area contributed by atoms with E-state index < -0.39 is 0 Å². The normalized spacial score (nSPS) is 17.5. The first kappa shape index (κ1) is 27.8. The fraction of sp³-hybridized carbons (Fsp3) is 0.361. The first-order chi connectivity index (χ1) is 19.2. The van der Waals surface area contributed by atoms with E-state index in [0.29, 0.717) is 24.0 Å². The average Bonchev–Trinajstić information content (AvgIpc) is 2.94. The average molecular weight is 533 g/mol. The van der Waals surface area contributed by atoms with Crippen LogP contribution in [0.1, 0.15) is 91.6 Å². The minimum Gasteiger partial charge on any atom is -0.349 e. The number of hydrogen-bond acceptors (Lipinski definition) is 3. The van der Waals surface area contributed by atoms with Gasteiger partial charge in [-0.3, -0.25) is 14.6 Å². The molecular formula is C36H40N2O2. The molecular weight excluding hydrogens is 492 g/mol. The second kappa shape index (κ2) is 11.8. The van der Waals surface area contributed by atoms with Crippen LogP contribution in [0, 0.1) is 11.3 Å². The van der Waals surface area contributed by atoms with Crippen molar-refractivity contribution in [3.8, 4) is 11.1 Å². The Morgan fingerprint density at radius 3 is 2.23 bits per heavy atom. The van der Waals surface area contributed by atoms with Gasteiger partial charge in [-0.25, -0.2) is 0 Å². The van der Waals surface area contributed by atoms with Gasteiger partial charge in [0.1, 0.15) is 0 Å². The first-order valence-corrected chi connectivity index (χ1v) is 14.6. The third-order valence-electron chi connectivity index (χ3n) is 8.03. The van der Waals surface area contributed by atoms with Crippen LogP contribution in [0.2, 0.25) is 0 Å². The highest BCUT2D eigenvalue weighted by Gasteiger charge is 2.23. The molecule has 1 N–H and O–H groups in total. The molecule has 4 heteroatoms. The number of rotatable bonds is 7. The summed E-state index contributed by atoms with van der Waals surface area (Å²) in [6.07, 6.45) is 7.35. The second-order valence-corrected chi connectivity index (χ2v) is 12.7. The molecule has 1 aromatic heterocycles. The van der Waals surface area contributed by atoms with E-state index in [9.17, 15) is 9.59 Å². The summed E-state index contributed by atoms with van der Waals surface area (Å²) in [6, 6.07) is 24.6. The van der Waals surface area contributed by atoms with Gasteiger partial charge in [-0.2, -0.15) is 0 Å². The van der Waals surface area contributed by atoms with Gasteiger partial charge in [0.25, 0.3) is 5.91 Å². The van der Waals surface area contributed by atoms with Gasteiger partial charge in [0.2, 0.25) is 0 Å². The van der Waals surface area contributed by atoms with E-state index in [1.165, 1.54) is 12.8 Å². The Morgan fingerprint density at radius 1 is 0.875 bits per heavy atom. The van der Waals surface area contributed by atoms with Crippen LogP contribution >= 0.6 is 0 Å². The number of ketones is 1. The van der Waals surface area contributed by atoms with Gasteiger partial charge in [0.15, 0.2) is 5.78 Å². The maximum Gasteiger partial charge on any atom is 0.251 e. The van der Waals surface area contributed by atoms with Crippen LogP contribution < -0.4 is 5.32 Å². The Morgan fingerprint density at radius 2 is 1.55 bits per heavy atom. The quantitative estimate of drug-likeness (QED) is 0.243. The molecule has 0 radical (unpaired) electrons. The summed E-state index contributed by atoms with van der Waals surface area (Å²) < 4.78 is 0. The Hall–Kier alpha value is -3.79. The number of benzene rings is 3. The van der Waals surface area contributed by atoms with Crippen LogP contribution in [0.3, 0.4) is 0 Å². The van der Waals surface area contributed by atoms with E-state index >= 15 is 0 Å². The first-order valence-electron chi connectivity index (χ1n) is 14.6. The van der Waals surface area contributed by atoms with E-state index in [1.807, 2.05) is 48.5 Å². The second-order valence-electron chi connectivity index (χ2n) is 12.7. The van der Waals surface area contributed by atoms with E-state index in [2.05, 4.69) is 57.3 Å². The van der Waals surface area contributed by atoms with Crippen molar-refractivity contribution in [2.75, 3.05) is 0 Å². The highest BCUT2D eigenvalue weighted by Crippen LogP contribution is 2.31. The summed E-state index contributed by atoms with van der Waals surface area (Å²) in [7, 11) is 0. The Bertz CT molecular complexity index is 1490. The molecule has 1 aliphatic carbocycles. The number of fused-ring (bicyclic) bond motifs is 1. The molecule has 5 rings (SSSR count). The molecule has 1 saturated carbocycles. The smallest absolute Gasteiger partial charge is 0.251 e. The number of nitrogens with one attached hydrogen (secondary N) is 1. The van der Waals surface area contributed by atoms with Crippen LogP contribution in [-0.4, -0.2) is 22.7 Å². The van der Waals surface area contributed by atoms with Crippen molar-refractivity contribution in [3.63, 3.8) is 0 Å². The zero-order valence-electron chi connectivity index (χ0n) is 24.2. The van der Waals surface area contributed by atoms with Gasteiger partial charge >= 0.3 is 0 Å². The van der Waals surface area contributed by atoms with E-state index in [4.69, 9.17) is 4.98 Å². The Labute approximate surface area is 238 Å². The predicted octanol–water partition coefficient (Wildman–Crippen LogP) is 8.42. The summed E-state index contributed by atoms with van der Waals surface area (Å²) in [5.74, 6) is 0.882. The highest BCUT2D eigenvalue weighted by atomic mass is 16.1. The van der Waals surface area contributed by atoms with Crippen molar-refractivity contribution in [2.45, 2.75) is 72.3 Å². The number of carbonyl (C=O) groups excluding carboxylic acids is 2. The highest BCUT2D eigenvalue weighted by molar-refractivity contribution is 6.02. The number of nitrogens with zero attached hydrogens (tertiary/aromatic N) is 1. The van der Waals surface area contributed by atoms with E-state index in [-0.39, 0.29) is 23.1 Å². The number of pyridine rings is 1. The van der Waals surface area contributed by atoms with E-state index in [1.54, 1.807) is 6.20 Å². The Balaban J connectivity index is 1.46. The molecule has 0 atom stereocenters. The molecule has 1 fully saturated rings. The van der Waals surface area contributed by atoms with Crippen LogP contribution in [-0.2, 0) is 6.42 Å². The van der Waals surface area contributed by atoms with Gasteiger partial charge in [0.05, 0.1) is 5.52 Å². The molecule has 4 nitrogen and oxygen atoms in total. The largest absolute Gasteiger partial charge is 0.349 e. The maximum atomic E-state index is 13.5. The van der Waals surface area contributed by atoms with Crippen LogP contribution in [0.4, 0.5) is 0 Å². The molecule has 0 aliphatic heterocycles. The molecule has 0 saturated heterocycles. The summed E-state index contributed by atoms with van der Waals surface area (Å²) in [6.45, 7) is 8.56. The molecule has 0 bridgehead atoms. The number of amides is 1. The Kier molecular flexibility index (Phi) is 8.16. The van der Waals surface area contributed by atoms with Crippen LogP contribution in [0.15, 0.2) is 79.0 Å². The lowest BCUT2D eigenvalue weighted by atomic mass is 9.85. The molecule has 3 aromatic carbocycles. The van der Waals surface area contributed by atoms with Crippen LogP contribution in [0.25, 0.3) is 22.0 Å². The molecule has 0 spiro atoms. The minimum absolute atomic E-state index is 0.000893. The van der Waals surface area contributed by atoms with Crippen molar-refractivity contribution in [3.05, 3.63) is 101 Å². The molecule has 1 aliphatic rings. The monoisotopic (exact) mass is 532 g/mol. The van der Waals surface area contributed by atoms with Crippen molar-refractivity contribution in [1.82, 2.24) is 10.3 Å². The fourth-order valence-corrected chi connectivity index (χ4v) is 5.72.